The SMILES string of the molecule is Cc1cc(-c2cnc(N3CCC(C(N)=O)CC3)nc2-c2ccc(N3CCOCC3)nc2)on1. The number of ether oxygens (including phenoxy) is 1. The van der Waals surface area contributed by atoms with Crippen LogP contribution in [0.2, 0.25) is 0 Å². The molecular formula is C23H27N7O3. The summed E-state index contributed by atoms with van der Waals surface area (Å²) in [6.45, 7) is 6.31. The maximum absolute atomic E-state index is 11.5. The molecular weight excluding hydrogens is 422 g/mol. The van der Waals surface area contributed by atoms with E-state index < -0.39 is 0 Å². The van der Waals surface area contributed by atoms with Gasteiger partial charge in [0.25, 0.3) is 0 Å². The Balaban J connectivity index is 1.47. The van der Waals surface area contributed by atoms with Crippen molar-refractivity contribution in [1.82, 2.24) is 20.1 Å². The Morgan fingerprint density at radius 2 is 1.85 bits per heavy atom. The van der Waals surface area contributed by atoms with Crippen LogP contribution in [0.3, 0.4) is 0 Å². The van der Waals surface area contributed by atoms with E-state index >= 15 is 0 Å². The van der Waals surface area contributed by atoms with Gasteiger partial charge in [-0.05, 0) is 31.9 Å². The Labute approximate surface area is 191 Å². The summed E-state index contributed by atoms with van der Waals surface area (Å²) in [5, 5.41) is 4.02. The van der Waals surface area contributed by atoms with E-state index in [1.807, 2.05) is 31.3 Å². The van der Waals surface area contributed by atoms with Crippen molar-refractivity contribution < 1.29 is 14.1 Å². The third kappa shape index (κ3) is 4.51. The summed E-state index contributed by atoms with van der Waals surface area (Å²) in [5.74, 6) is 1.82. The van der Waals surface area contributed by atoms with Crippen molar-refractivity contribution in [1.29, 1.82) is 0 Å². The monoisotopic (exact) mass is 449 g/mol. The zero-order chi connectivity index (χ0) is 22.8. The fourth-order valence-corrected chi connectivity index (χ4v) is 4.29. The molecule has 2 fully saturated rings. The summed E-state index contributed by atoms with van der Waals surface area (Å²) in [6, 6.07) is 5.90. The van der Waals surface area contributed by atoms with Crippen LogP contribution in [0, 0.1) is 12.8 Å². The second-order valence-corrected chi connectivity index (χ2v) is 8.43. The molecule has 0 aromatic carbocycles. The molecule has 0 unspecified atom stereocenters. The van der Waals surface area contributed by atoms with E-state index in [1.54, 1.807) is 6.20 Å². The van der Waals surface area contributed by atoms with Gasteiger partial charge in [0, 0.05) is 56.1 Å². The van der Waals surface area contributed by atoms with Crippen molar-refractivity contribution in [3.8, 4) is 22.6 Å². The zero-order valence-corrected chi connectivity index (χ0v) is 18.6. The van der Waals surface area contributed by atoms with Crippen LogP contribution in [0.15, 0.2) is 35.1 Å². The Kier molecular flexibility index (Phi) is 5.91. The molecule has 3 aromatic rings. The summed E-state index contributed by atoms with van der Waals surface area (Å²) in [7, 11) is 0. The first-order chi connectivity index (χ1) is 16.1. The first-order valence-electron chi connectivity index (χ1n) is 11.2. The molecule has 0 atom stereocenters. The number of aromatic nitrogens is 4. The predicted molar refractivity (Wildman–Crippen MR) is 123 cm³/mol. The van der Waals surface area contributed by atoms with E-state index in [0.717, 1.165) is 41.4 Å². The number of carbonyl (C=O) groups is 1. The van der Waals surface area contributed by atoms with E-state index in [-0.39, 0.29) is 11.8 Å². The lowest BCUT2D eigenvalue weighted by molar-refractivity contribution is -0.122. The smallest absolute Gasteiger partial charge is 0.225 e. The van der Waals surface area contributed by atoms with Gasteiger partial charge >= 0.3 is 0 Å². The lowest BCUT2D eigenvalue weighted by atomic mass is 9.96. The van der Waals surface area contributed by atoms with Gasteiger partial charge in [0.1, 0.15) is 5.82 Å². The molecule has 3 aromatic heterocycles. The number of hydrogen-bond donors (Lipinski definition) is 1. The first-order valence-corrected chi connectivity index (χ1v) is 11.2. The molecule has 5 rings (SSSR count). The molecule has 2 aliphatic rings. The minimum absolute atomic E-state index is 0.0888. The molecule has 33 heavy (non-hydrogen) atoms. The van der Waals surface area contributed by atoms with Crippen LogP contribution in [0.1, 0.15) is 18.5 Å². The highest BCUT2D eigenvalue weighted by atomic mass is 16.5. The molecule has 10 nitrogen and oxygen atoms in total. The fraction of sp³-hybridized carbons (Fsp3) is 0.435. The van der Waals surface area contributed by atoms with E-state index in [4.69, 9.17) is 20.0 Å². The van der Waals surface area contributed by atoms with Crippen LogP contribution in [0.4, 0.5) is 11.8 Å². The summed E-state index contributed by atoms with van der Waals surface area (Å²) < 4.78 is 11.0. The molecule has 0 saturated carbocycles. The number of hydrogen-bond acceptors (Lipinski definition) is 9. The number of primary amides is 1. The van der Waals surface area contributed by atoms with E-state index in [1.165, 1.54) is 0 Å². The Morgan fingerprint density at radius 3 is 2.48 bits per heavy atom. The maximum Gasteiger partial charge on any atom is 0.225 e. The second kappa shape index (κ2) is 9.14. The van der Waals surface area contributed by atoms with Crippen LogP contribution < -0.4 is 15.5 Å². The third-order valence-electron chi connectivity index (χ3n) is 6.21. The Hall–Kier alpha value is -3.53. The molecule has 2 saturated heterocycles. The van der Waals surface area contributed by atoms with Crippen molar-refractivity contribution >= 4 is 17.7 Å². The van der Waals surface area contributed by atoms with Gasteiger partial charge in [0.05, 0.1) is 30.2 Å². The molecule has 1 amide bonds. The minimum Gasteiger partial charge on any atom is -0.378 e. The molecule has 0 bridgehead atoms. The molecule has 0 radical (unpaired) electrons. The normalized spacial score (nSPS) is 17.4. The number of morpholine rings is 1. The average Bonchev–Trinajstić information content (AvgIpc) is 3.30. The number of nitrogens with zero attached hydrogens (tertiary/aromatic N) is 6. The van der Waals surface area contributed by atoms with Crippen LogP contribution in [0.25, 0.3) is 22.6 Å². The van der Waals surface area contributed by atoms with Crippen molar-refractivity contribution in [3.05, 3.63) is 36.3 Å². The number of rotatable bonds is 5. The van der Waals surface area contributed by atoms with Crippen molar-refractivity contribution in [2.75, 3.05) is 49.2 Å². The first kappa shape index (κ1) is 21.3. The summed E-state index contributed by atoms with van der Waals surface area (Å²) >= 11 is 0. The molecule has 2 aliphatic heterocycles. The second-order valence-electron chi connectivity index (χ2n) is 8.43. The van der Waals surface area contributed by atoms with Crippen LogP contribution in [0.5, 0.6) is 0 Å². The third-order valence-corrected chi connectivity index (χ3v) is 6.21. The van der Waals surface area contributed by atoms with Crippen LogP contribution in [-0.2, 0) is 9.53 Å². The molecule has 172 valence electrons. The van der Waals surface area contributed by atoms with Gasteiger partial charge in [0.15, 0.2) is 5.76 Å². The minimum atomic E-state index is -0.237. The number of amides is 1. The topological polar surface area (TPSA) is 124 Å². The quantitative estimate of drug-likeness (QED) is 0.623. The van der Waals surface area contributed by atoms with E-state index in [0.29, 0.717) is 50.9 Å². The highest BCUT2D eigenvalue weighted by molar-refractivity contribution is 5.79. The highest BCUT2D eigenvalue weighted by Gasteiger charge is 2.26. The van der Waals surface area contributed by atoms with E-state index in [9.17, 15) is 4.79 Å². The van der Waals surface area contributed by atoms with Gasteiger partial charge in [-0.3, -0.25) is 4.79 Å². The summed E-state index contributed by atoms with van der Waals surface area (Å²) in [4.78, 5) is 30.0. The van der Waals surface area contributed by atoms with Crippen molar-refractivity contribution in [2.45, 2.75) is 19.8 Å². The number of aryl methyl sites for hydroxylation is 1. The lowest BCUT2D eigenvalue weighted by Gasteiger charge is -2.30. The van der Waals surface area contributed by atoms with Crippen LogP contribution in [-0.4, -0.2) is 65.4 Å². The molecule has 0 spiro atoms. The maximum atomic E-state index is 11.5. The largest absolute Gasteiger partial charge is 0.378 e. The standard InChI is InChI=1S/C23H27N7O3/c1-15-12-19(33-28-15)18-14-26-23(30-6-4-16(5-7-30)22(24)31)27-21(18)17-2-3-20(25-13-17)29-8-10-32-11-9-29/h2-3,12-14,16H,4-11H2,1H3,(H2,24,31). The van der Waals surface area contributed by atoms with Gasteiger partial charge < -0.3 is 24.8 Å². The number of nitrogens with two attached hydrogens (primary N) is 1. The Bertz CT molecular complexity index is 1120. The number of carbonyl (C=O) groups excluding carboxylic acids is 1. The van der Waals surface area contributed by atoms with Crippen LogP contribution >= 0.6 is 0 Å². The average molecular weight is 450 g/mol. The number of piperidine rings is 1. The summed E-state index contributed by atoms with van der Waals surface area (Å²) in [5.41, 5.74) is 8.62. The van der Waals surface area contributed by atoms with Gasteiger partial charge in [-0.25, -0.2) is 15.0 Å². The number of pyridine rings is 1. The highest BCUT2D eigenvalue weighted by Crippen LogP contribution is 2.33. The van der Waals surface area contributed by atoms with Gasteiger partial charge in [-0.15, -0.1) is 0 Å². The zero-order valence-electron chi connectivity index (χ0n) is 18.6. The van der Waals surface area contributed by atoms with Crippen molar-refractivity contribution in [3.63, 3.8) is 0 Å². The fourth-order valence-electron chi connectivity index (χ4n) is 4.29. The summed E-state index contributed by atoms with van der Waals surface area (Å²) in [6.07, 6.45) is 5.01. The number of anilines is 2. The lowest BCUT2D eigenvalue weighted by Crippen LogP contribution is -2.39. The van der Waals surface area contributed by atoms with Gasteiger partial charge in [-0.1, -0.05) is 5.16 Å². The molecule has 5 heterocycles. The van der Waals surface area contributed by atoms with E-state index in [2.05, 4.69) is 24.9 Å². The predicted octanol–water partition coefficient (Wildman–Crippen LogP) is 2.04. The van der Waals surface area contributed by atoms with Gasteiger partial charge in [0.2, 0.25) is 11.9 Å². The molecule has 2 N–H and O–H groups in total. The van der Waals surface area contributed by atoms with Crippen molar-refractivity contribution in [2.24, 2.45) is 11.7 Å². The Morgan fingerprint density at radius 1 is 1.06 bits per heavy atom. The van der Waals surface area contributed by atoms with Gasteiger partial charge in [-0.2, -0.15) is 0 Å². The molecule has 10 heteroatoms. The molecule has 0 aliphatic carbocycles.